The fourth-order valence-electron chi connectivity index (χ4n) is 1.70. The summed E-state index contributed by atoms with van der Waals surface area (Å²) in [5.41, 5.74) is 0.544. The Balaban J connectivity index is 1.70. The number of carbonyl (C=O) groups excluding carboxylic acids is 1. The van der Waals surface area contributed by atoms with Gasteiger partial charge in [0, 0.05) is 23.1 Å². The van der Waals surface area contributed by atoms with Gasteiger partial charge in [-0.15, -0.1) is 0 Å². The van der Waals surface area contributed by atoms with Gasteiger partial charge in [-0.25, -0.2) is 4.98 Å². The molecule has 0 fully saturated rings. The fraction of sp³-hybridized carbons (Fsp3) is 0.286. The van der Waals surface area contributed by atoms with Crippen LogP contribution in [0.1, 0.15) is 21.7 Å². The van der Waals surface area contributed by atoms with E-state index in [1.165, 1.54) is 0 Å². The van der Waals surface area contributed by atoms with Gasteiger partial charge in [-0.2, -0.15) is 13.2 Å². The SMILES string of the molecule is O=C(NCCCNc1ncc(C(F)(F)F)s1)c1cccc(Br)c1. The predicted molar refractivity (Wildman–Crippen MR) is 86.7 cm³/mol. The number of benzene rings is 1. The van der Waals surface area contributed by atoms with Gasteiger partial charge in [-0.3, -0.25) is 4.79 Å². The summed E-state index contributed by atoms with van der Waals surface area (Å²) in [6.45, 7) is 0.833. The van der Waals surface area contributed by atoms with Crippen molar-refractivity contribution in [3.8, 4) is 0 Å². The Hall–Kier alpha value is -1.61. The van der Waals surface area contributed by atoms with E-state index < -0.39 is 11.1 Å². The average Bonchev–Trinajstić information content (AvgIpc) is 2.95. The van der Waals surface area contributed by atoms with Crippen LogP contribution in [-0.4, -0.2) is 24.0 Å². The highest BCUT2D eigenvalue weighted by molar-refractivity contribution is 9.10. The third-order valence-electron chi connectivity index (χ3n) is 2.79. The lowest BCUT2D eigenvalue weighted by Gasteiger charge is -2.06. The van der Waals surface area contributed by atoms with Gasteiger partial charge in [0.15, 0.2) is 5.13 Å². The number of alkyl halides is 3. The maximum absolute atomic E-state index is 12.4. The molecule has 0 saturated carbocycles. The summed E-state index contributed by atoms with van der Waals surface area (Å²) in [7, 11) is 0. The Morgan fingerprint density at radius 1 is 1.30 bits per heavy atom. The number of nitrogens with one attached hydrogen (secondary N) is 2. The van der Waals surface area contributed by atoms with Crippen molar-refractivity contribution >= 4 is 38.3 Å². The Morgan fingerprint density at radius 2 is 2.09 bits per heavy atom. The summed E-state index contributed by atoms with van der Waals surface area (Å²) >= 11 is 3.85. The lowest BCUT2D eigenvalue weighted by molar-refractivity contribution is -0.134. The van der Waals surface area contributed by atoms with Crippen LogP contribution in [0.25, 0.3) is 0 Å². The van der Waals surface area contributed by atoms with Crippen molar-refractivity contribution < 1.29 is 18.0 Å². The minimum absolute atomic E-state index is 0.195. The standard InChI is InChI=1S/C14H13BrF3N3OS/c15-10-4-1-3-9(7-10)12(22)19-5-2-6-20-13-21-8-11(23-13)14(16,17)18/h1,3-4,7-8H,2,5-6H2,(H,19,22)(H,20,21). The van der Waals surface area contributed by atoms with E-state index in [-0.39, 0.29) is 11.0 Å². The molecule has 23 heavy (non-hydrogen) atoms. The Kier molecular flexibility index (Phi) is 6.00. The molecule has 1 aromatic carbocycles. The molecule has 0 spiro atoms. The zero-order valence-corrected chi connectivity index (χ0v) is 14.2. The molecule has 0 atom stereocenters. The van der Waals surface area contributed by atoms with E-state index in [0.29, 0.717) is 36.4 Å². The molecule has 0 saturated heterocycles. The van der Waals surface area contributed by atoms with E-state index in [1.54, 1.807) is 18.2 Å². The molecular weight excluding hydrogens is 395 g/mol. The number of hydrogen-bond acceptors (Lipinski definition) is 4. The lowest BCUT2D eigenvalue weighted by atomic mass is 10.2. The third kappa shape index (κ3) is 5.51. The number of nitrogens with zero attached hydrogens (tertiary/aromatic N) is 1. The van der Waals surface area contributed by atoms with Crippen LogP contribution in [0.4, 0.5) is 18.3 Å². The number of amides is 1. The Morgan fingerprint density at radius 3 is 2.74 bits per heavy atom. The molecule has 4 nitrogen and oxygen atoms in total. The van der Waals surface area contributed by atoms with Gasteiger partial charge < -0.3 is 10.6 Å². The molecular formula is C14H13BrF3N3OS. The number of rotatable bonds is 6. The van der Waals surface area contributed by atoms with E-state index in [0.717, 1.165) is 10.7 Å². The molecule has 0 aliphatic heterocycles. The summed E-state index contributed by atoms with van der Waals surface area (Å²) in [5.74, 6) is -0.195. The van der Waals surface area contributed by atoms with Gasteiger partial charge in [0.1, 0.15) is 4.88 Å². The van der Waals surface area contributed by atoms with Crippen molar-refractivity contribution in [3.05, 3.63) is 45.4 Å². The van der Waals surface area contributed by atoms with Crippen molar-refractivity contribution in [1.29, 1.82) is 0 Å². The van der Waals surface area contributed by atoms with Gasteiger partial charge in [-0.05, 0) is 24.6 Å². The molecule has 0 unspecified atom stereocenters. The lowest BCUT2D eigenvalue weighted by Crippen LogP contribution is -2.25. The fourth-order valence-corrected chi connectivity index (χ4v) is 2.81. The van der Waals surface area contributed by atoms with E-state index in [9.17, 15) is 18.0 Å². The molecule has 0 aliphatic carbocycles. The second-order valence-corrected chi connectivity index (χ2v) is 6.52. The monoisotopic (exact) mass is 407 g/mol. The van der Waals surface area contributed by atoms with E-state index in [4.69, 9.17) is 0 Å². The first kappa shape index (κ1) is 17.7. The highest BCUT2D eigenvalue weighted by Gasteiger charge is 2.33. The van der Waals surface area contributed by atoms with Gasteiger partial charge in [0.25, 0.3) is 5.91 Å². The minimum Gasteiger partial charge on any atom is -0.361 e. The number of thiazole rings is 1. The van der Waals surface area contributed by atoms with Gasteiger partial charge in [0.05, 0.1) is 6.20 Å². The van der Waals surface area contributed by atoms with E-state index in [2.05, 4.69) is 31.5 Å². The summed E-state index contributed by atoms with van der Waals surface area (Å²) in [4.78, 5) is 14.8. The molecule has 2 aromatic rings. The number of carbonyl (C=O) groups is 1. The van der Waals surface area contributed by atoms with Crippen LogP contribution >= 0.6 is 27.3 Å². The summed E-state index contributed by atoms with van der Waals surface area (Å²) < 4.78 is 38.1. The molecule has 0 bridgehead atoms. The summed E-state index contributed by atoms with van der Waals surface area (Å²) in [5, 5.41) is 5.77. The van der Waals surface area contributed by atoms with Crippen LogP contribution in [0.3, 0.4) is 0 Å². The van der Waals surface area contributed by atoms with Crippen molar-refractivity contribution in [2.45, 2.75) is 12.6 Å². The maximum Gasteiger partial charge on any atom is 0.427 e. The zero-order valence-electron chi connectivity index (χ0n) is 11.8. The number of hydrogen-bond donors (Lipinski definition) is 2. The molecule has 2 rings (SSSR count). The summed E-state index contributed by atoms with van der Waals surface area (Å²) in [6, 6.07) is 7.00. The molecule has 1 heterocycles. The number of anilines is 1. The quantitative estimate of drug-likeness (QED) is 0.706. The minimum atomic E-state index is -4.37. The van der Waals surface area contributed by atoms with Crippen LogP contribution in [0.5, 0.6) is 0 Å². The van der Waals surface area contributed by atoms with Crippen LogP contribution in [-0.2, 0) is 6.18 Å². The molecule has 9 heteroatoms. The van der Waals surface area contributed by atoms with Crippen molar-refractivity contribution in [2.75, 3.05) is 18.4 Å². The van der Waals surface area contributed by atoms with Crippen molar-refractivity contribution in [1.82, 2.24) is 10.3 Å². The molecule has 0 radical (unpaired) electrons. The molecule has 2 N–H and O–H groups in total. The first-order chi connectivity index (χ1) is 10.9. The molecule has 1 aromatic heterocycles. The zero-order chi connectivity index (χ0) is 16.9. The smallest absolute Gasteiger partial charge is 0.361 e. The predicted octanol–water partition coefficient (Wildman–Crippen LogP) is 4.16. The maximum atomic E-state index is 12.4. The molecule has 124 valence electrons. The number of halogens is 4. The Bertz CT molecular complexity index is 675. The highest BCUT2D eigenvalue weighted by Crippen LogP contribution is 2.34. The third-order valence-corrected chi connectivity index (χ3v) is 4.28. The van der Waals surface area contributed by atoms with Gasteiger partial charge in [0.2, 0.25) is 0 Å². The topological polar surface area (TPSA) is 54.0 Å². The summed E-state index contributed by atoms with van der Waals surface area (Å²) in [6.07, 6.45) is -2.99. The Labute approximate surface area is 143 Å². The second kappa shape index (κ2) is 7.78. The van der Waals surface area contributed by atoms with Gasteiger partial charge >= 0.3 is 6.18 Å². The first-order valence-electron chi connectivity index (χ1n) is 6.67. The van der Waals surface area contributed by atoms with E-state index >= 15 is 0 Å². The van der Waals surface area contributed by atoms with Crippen LogP contribution in [0, 0.1) is 0 Å². The van der Waals surface area contributed by atoms with Crippen LogP contribution in [0.15, 0.2) is 34.9 Å². The highest BCUT2D eigenvalue weighted by atomic mass is 79.9. The van der Waals surface area contributed by atoms with Gasteiger partial charge in [-0.1, -0.05) is 33.3 Å². The van der Waals surface area contributed by atoms with Crippen LogP contribution < -0.4 is 10.6 Å². The van der Waals surface area contributed by atoms with E-state index in [1.807, 2.05) is 6.07 Å². The second-order valence-electron chi connectivity index (χ2n) is 4.57. The van der Waals surface area contributed by atoms with Crippen LogP contribution in [0.2, 0.25) is 0 Å². The van der Waals surface area contributed by atoms with Crippen molar-refractivity contribution in [3.63, 3.8) is 0 Å². The molecule has 0 aliphatic rings. The normalized spacial score (nSPS) is 11.3. The molecule has 1 amide bonds. The largest absolute Gasteiger partial charge is 0.427 e. The number of aromatic nitrogens is 1. The van der Waals surface area contributed by atoms with Crippen molar-refractivity contribution in [2.24, 2.45) is 0 Å². The first-order valence-corrected chi connectivity index (χ1v) is 8.28. The average molecular weight is 408 g/mol.